The van der Waals surface area contributed by atoms with Gasteiger partial charge in [0.25, 0.3) is 0 Å². The third-order valence-corrected chi connectivity index (χ3v) is 6.75. The number of nitrogens with one attached hydrogen (secondary N) is 2. The molecule has 1 saturated heterocycles. The minimum atomic E-state index is -0.851. The molecule has 2 aliphatic rings. The van der Waals surface area contributed by atoms with E-state index < -0.39 is 17.7 Å². The van der Waals surface area contributed by atoms with E-state index in [2.05, 4.69) is 25.0 Å². The number of pyridine rings is 1. The van der Waals surface area contributed by atoms with E-state index in [1.165, 1.54) is 36.7 Å². The van der Waals surface area contributed by atoms with E-state index in [1.807, 2.05) is 0 Å². The number of hydrogen-bond donors (Lipinski definition) is 3. The van der Waals surface area contributed by atoms with Crippen LogP contribution in [-0.4, -0.2) is 45.0 Å². The smallest absolute Gasteiger partial charge is 0.412 e. The van der Waals surface area contributed by atoms with Gasteiger partial charge in [-0.15, -0.1) is 0 Å². The first kappa shape index (κ1) is 23.7. The fraction of sp³-hybridized carbons (Fsp3) is 0.250. The molecular formula is C24H21ClF2N6O3. The van der Waals surface area contributed by atoms with Crippen molar-refractivity contribution in [2.45, 2.75) is 31.3 Å². The lowest BCUT2D eigenvalue weighted by Crippen LogP contribution is -2.39. The van der Waals surface area contributed by atoms with Crippen molar-refractivity contribution in [3.8, 4) is 11.3 Å². The van der Waals surface area contributed by atoms with Crippen LogP contribution in [0.25, 0.3) is 16.8 Å². The number of anilines is 2. The van der Waals surface area contributed by atoms with E-state index in [1.54, 1.807) is 4.90 Å². The van der Waals surface area contributed by atoms with Crippen molar-refractivity contribution in [2.24, 2.45) is 0 Å². The Morgan fingerprint density at radius 3 is 2.83 bits per heavy atom. The number of imidazole rings is 1. The van der Waals surface area contributed by atoms with Gasteiger partial charge >= 0.3 is 6.09 Å². The number of carbonyl (C=O) groups is 2. The van der Waals surface area contributed by atoms with Crippen LogP contribution in [0.1, 0.15) is 36.7 Å². The maximum atomic E-state index is 15.0. The summed E-state index contributed by atoms with van der Waals surface area (Å²) < 4.78 is 34.2. The number of methoxy groups -OCH3 is 1. The lowest BCUT2D eigenvalue weighted by molar-refractivity contribution is -0.129. The summed E-state index contributed by atoms with van der Waals surface area (Å²) in [6.45, 7) is 0. The number of hydrogen-bond acceptors (Lipinski definition) is 6. The zero-order valence-electron chi connectivity index (χ0n) is 19.0. The highest BCUT2D eigenvalue weighted by atomic mass is 35.5. The number of ether oxygens (including phenoxy) is 1. The number of nitrogen functional groups attached to an aromatic ring is 1. The standard InChI is InChI=1S/C24H21ClF2N6O3/c1-36-24(35)32-23-20(26)13(6-7-29-23)16-10-30-22(31-16)17-5-2-12-8-11(9-18(34)33(12)17)19-15(28)4-3-14(25)21(19)27/h3-4,6-7,9-10,12,17H,2,5,8,28H2,1H3,(H,30,31)(H,29,32,35)/t12?,17-/m0/s1. The first-order valence-electron chi connectivity index (χ1n) is 11.1. The molecule has 5 rings (SSSR count). The van der Waals surface area contributed by atoms with Gasteiger partial charge in [-0.3, -0.25) is 10.1 Å². The van der Waals surface area contributed by atoms with Crippen molar-refractivity contribution in [2.75, 3.05) is 18.2 Å². The minimum absolute atomic E-state index is 0.0596. The van der Waals surface area contributed by atoms with Gasteiger partial charge in [0.15, 0.2) is 17.5 Å². The van der Waals surface area contributed by atoms with E-state index in [4.69, 9.17) is 17.3 Å². The van der Waals surface area contributed by atoms with Gasteiger partial charge in [0.2, 0.25) is 5.91 Å². The maximum absolute atomic E-state index is 15.0. The second kappa shape index (κ2) is 9.23. The number of H-pyrrole nitrogens is 1. The Kier molecular flexibility index (Phi) is 6.09. The topological polar surface area (TPSA) is 126 Å². The molecule has 1 aromatic carbocycles. The van der Waals surface area contributed by atoms with Gasteiger partial charge < -0.3 is 20.4 Å². The van der Waals surface area contributed by atoms with Crippen molar-refractivity contribution >= 4 is 40.7 Å². The van der Waals surface area contributed by atoms with E-state index in [-0.39, 0.29) is 45.6 Å². The molecule has 2 amide bonds. The van der Waals surface area contributed by atoms with Crippen LogP contribution >= 0.6 is 11.6 Å². The number of aromatic nitrogens is 3. The van der Waals surface area contributed by atoms with Crippen LogP contribution < -0.4 is 11.1 Å². The van der Waals surface area contributed by atoms with Crippen LogP contribution in [-0.2, 0) is 9.53 Å². The molecule has 3 aromatic rings. The van der Waals surface area contributed by atoms with Crippen LogP contribution in [0.15, 0.2) is 36.7 Å². The second-order valence-electron chi connectivity index (χ2n) is 8.51. The normalized spacial score (nSPS) is 19.2. The minimum Gasteiger partial charge on any atom is -0.453 e. The number of amides is 2. The highest BCUT2D eigenvalue weighted by molar-refractivity contribution is 6.31. The predicted octanol–water partition coefficient (Wildman–Crippen LogP) is 4.68. The van der Waals surface area contributed by atoms with Crippen LogP contribution in [0.2, 0.25) is 5.02 Å². The molecule has 9 nitrogen and oxygen atoms in total. The summed E-state index contributed by atoms with van der Waals surface area (Å²) in [5.74, 6) is -1.49. The fourth-order valence-corrected chi connectivity index (χ4v) is 4.97. The number of benzene rings is 1. The summed E-state index contributed by atoms with van der Waals surface area (Å²) in [5.41, 5.74) is 7.37. The SMILES string of the molecule is COC(=O)Nc1nccc(-c2cnc([C@@H]3CCC4CC(c5c(N)ccc(Cl)c5F)=CC(=O)N43)[nH]2)c1F. The Balaban J connectivity index is 1.42. The van der Waals surface area contributed by atoms with Gasteiger partial charge in [-0.05, 0) is 43.0 Å². The molecule has 186 valence electrons. The van der Waals surface area contributed by atoms with E-state index >= 15 is 0 Å². The summed E-state index contributed by atoms with van der Waals surface area (Å²) in [4.78, 5) is 37.6. The molecule has 2 aliphatic heterocycles. The van der Waals surface area contributed by atoms with Gasteiger partial charge in [0.05, 0.1) is 30.1 Å². The molecule has 0 saturated carbocycles. The second-order valence-corrected chi connectivity index (χ2v) is 8.92. The van der Waals surface area contributed by atoms with Gasteiger partial charge in [-0.1, -0.05) is 11.6 Å². The maximum Gasteiger partial charge on any atom is 0.412 e. The summed E-state index contributed by atoms with van der Waals surface area (Å²) in [5, 5.41) is 2.16. The lowest BCUT2D eigenvalue weighted by atomic mass is 9.92. The first-order valence-corrected chi connectivity index (χ1v) is 11.5. The molecule has 2 atom stereocenters. The molecule has 1 fully saturated rings. The molecule has 36 heavy (non-hydrogen) atoms. The highest BCUT2D eigenvalue weighted by Gasteiger charge is 2.42. The van der Waals surface area contributed by atoms with Gasteiger partial charge in [0, 0.05) is 35.1 Å². The third kappa shape index (κ3) is 4.05. The number of halogens is 3. The molecule has 2 aromatic heterocycles. The number of nitrogens with two attached hydrogens (primary N) is 1. The van der Waals surface area contributed by atoms with Crippen LogP contribution in [0.4, 0.5) is 25.1 Å². The molecule has 4 N–H and O–H groups in total. The van der Waals surface area contributed by atoms with Crippen molar-refractivity contribution in [3.05, 3.63) is 64.7 Å². The highest BCUT2D eigenvalue weighted by Crippen LogP contribution is 2.44. The zero-order chi connectivity index (χ0) is 25.6. The molecule has 4 heterocycles. The molecule has 1 unspecified atom stereocenters. The van der Waals surface area contributed by atoms with Gasteiger partial charge in [-0.2, -0.15) is 0 Å². The monoisotopic (exact) mass is 514 g/mol. The average molecular weight is 515 g/mol. The summed E-state index contributed by atoms with van der Waals surface area (Å²) in [6, 6.07) is 3.80. The summed E-state index contributed by atoms with van der Waals surface area (Å²) >= 11 is 5.94. The number of rotatable bonds is 4. The van der Waals surface area contributed by atoms with Gasteiger partial charge in [0.1, 0.15) is 5.82 Å². The molecule has 0 radical (unpaired) electrons. The Hall–Kier alpha value is -3.99. The number of carbonyl (C=O) groups excluding carboxylic acids is 2. The van der Waals surface area contributed by atoms with Crippen LogP contribution in [0.5, 0.6) is 0 Å². The third-order valence-electron chi connectivity index (χ3n) is 6.45. The van der Waals surface area contributed by atoms with Crippen LogP contribution in [0.3, 0.4) is 0 Å². The zero-order valence-corrected chi connectivity index (χ0v) is 19.8. The average Bonchev–Trinajstić information content (AvgIpc) is 3.50. The van der Waals surface area contributed by atoms with Crippen molar-refractivity contribution in [1.29, 1.82) is 0 Å². The predicted molar refractivity (Wildman–Crippen MR) is 129 cm³/mol. The molecule has 0 spiro atoms. The van der Waals surface area contributed by atoms with Crippen LogP contribution in [0, 0.1) is 11.6 Å². The summed E-state index contributed by atoms with van der Waals surface area (Å²) in [7, 11) is 1.16. The Morgan fingerprint density at radius 1 is 1.25 bits per heavy atom. The Bertz CT molecular complexity index is 1410. The Labute approximate surface area is 209 Å². The molecule has 12 heteroatoms. The fourth-order valence-electron chi connectivity index (χ4n) is 4.82. The van der Waals surface area contributed by atoms with Crippen molar-refractivity contribution in [3.63, 3.8) is 0 Å². The van der Waals surface area contributed by atoms with E-state index in [0.29, 0.717) is 36.4 Å². The molecule has 0 aliphatic carbocycles. The summed E-state index contributed by atoms with van der Waals surface area (Å²) in [6.07, 6.45) is 5.04. The van der Waals surface area contributed by atoms with Crippen molar-refractivity contribution in [1.82, 2.24) is 19.9 Å². The molecule has 0 bridgehead atoms. The number of aromatic amines is 1. The van der Waals surface area contributed by atoms with Crippen molar-refractivity contribution < 1.29 is 23.1 Å². The van der Waals surface area contributed by atoms with Gasteiger partial charge in [-0.25, -0.2) is 23.5 Å². The Morgan fingerprint density at radius 2 is 2.06 bits per heavy atom. The largest absolute Gasteiger partial charge is 0.453 e. The number of fused-ring (bicyclic) bond motifs is 1. The number of nitrogens with zero attached hydrogens (tertiary/aromatic N) is 3. The van der Waals surface area contributed by atoms with E-state index in [0.717, 1.165) is 7.11 Å². The first-order chi connectivity index (χ1) is 17.3. The quantitative estimate of drug-likeness (QED) is 0.434. The van der Waals surface area contributed by atoms with E-state index in [9.17, 15) is 18.4 Å². The lowest BCUT2D eigenvalue weighted by Gasteiger charge is -2.33. The molecular weight excluding hydrogens is 494 g/mol.